The van der Waals surface area contributed by atoms with E-state index >= 15 is 0 Å². The molecule has 0 amide bonds. The second kappa shape index (κ2) is 6.95. The monoisotopic (exact) mass is 419 g/mol. The predicted octanol–water partition coefficient (Wildman–Crippen LogP) is 2.17. The highest BCUT2D eigenvalue weighted by Gasteiger charge is 2.48. The fourth-order valence-corrected chi connectivity index (χ4v) is 12.3. The fraction of sp³-hybridized carbons (Fsp3) is 0.615. The lowest BCUT2D eigenvalue weighted by Crippen LogP contribution is -2.33. The second-order valence-electron chi connectivity index (χ2n) is 5.73. The number of fused-ring (bicyclic) bond motifs is 1. The van der Waals surface area contributed by atoms with Crippen molar-refractivity contribution in [2.24, 2.45) is 0 Å². The zero-order valence-electron chi connectivity index (χ0n) is 13.4. The molecule has 25 heavy (non-hydrogen) atoms. The first-order valence-electron chi connectivity index (χ1n) is 7.86. The van der Waals surface area contributed by atoms with Gasteiger partial charge in [0.05, 0.1) is 12.4 Å². The summed E-state index contributed by atoms with van der Waals surface area (Å²) < 4.78 is 12.0. The number of hydrogen-bond donors (Lipinski definition) is 2. The Hall–Kier alpha value is -0.420. The lowest BCUT2D eigenvalue weighted by atomic mass is 10.1. The number of hydrogen-bond acceptors (Lipinski definition) is 10. The summed E-state index contributed by atoms with van der Waals surface area (Å²) >= 11 is 9.07. The third kappa shape index (κ3) is 3.20. The largest absolute Gasteiger partial charge is 0.386 e. The number of aliphatic hydroxyl groups is 1. The maximum Gasteiger partial charge on any atom is 0.175 e. The van der Waals surface area contributed by atoms with Crippen LogP contribution in [0.15, 0.2) is 12.7 Å². The molecule has 0 aromatic carbocycles. The van der Waals surface area contributed by atoms with Gasteiger partial charge in [-0.2, -0.15) is 0 Å². The summed E-state index contributed by atoms with van der Waals surface area (Å²) in [5.41, 5.74) is 6.86. The van der Waals surface area contributed by atoms with Crippen molar-refractivity contribution in [1.82, 2.24) is 19.5 Å². The minimum Gasteiger partial charge on any atom is -0.386 e. The number of nitrogens with zero attached hydrogens (tertiary/aromatic N) is 4. The summed E-state index contributed by atoms with van der Waals surface area (Å²) in [5.74, 6) is 2.29. The Kier molecular flexibility index (Phi) is 5.00. The highest BCUT2D eigenvalue weighted by Crippen LogP contribution is 2.75. The molecule has 2 aliphatic heterocycles. The number of aromatic nitrogens is 4. The molecule has 4 rings (SSSR count). The Balaban J connectivity index is 1.64. The van der Waals surface area contributed by atoms with Crippen LogP contribution in [0.25, 0.3) is 11.2 Å². The van der Waals surface area contributed by atoms with Crippen LogP contribution in [0, 0.1) is 0 Å². The first kappa shape index (κ1) is 18.0. The molecule has 12 heteroatoms. The number of nitrogen functional groups attached to an aromatic ring is 1. The Morgan fingerprint density at radius 1 is 1.44 bits per heavy atom. The van der Waals surface area contributed by atoms with E-state index in [9.17, 15) is 5.11 Å². The molecule has 0 bridgehead atoms. The van der Waals surface area contributed by atoms with Crippen molar-refractivity contribution >= 4 is 56.2 Å². The van der Waals surface area contributed by atoms with Gasteiger partial charge in [0, 0.05) is 11.5 Å². The van der Waals surface area contributed by atoms with Gasteiger partial charge in [-0.3, -0.25) is 4.57 Å². The van der Waals surface area contributed by atoms with E-state index in [1.54, 1.807) is 33.7 Å². The third-order valence-electron chi connectivity index (χ3n) is 4.21. The molecule has 136 valence electrons. The van der Waals surface area contributed by atoms with Gasteiger partial charge in [-0.05, 0) is 18.2 Å². The quantitative estimate of drug-likeness (QED) is 0.716. The van der Waals surface area contributed by atoms with Crippen LogP contribution in [0.1, 0.15) is 19.6 Å². The maximum atomic E-state index is 10.9. The van der Waals surface area contributed by atoms with E-state index in [1.807, 2.05) is 6.92 Å². The molecule has 2 fully saturated rings. The molecule has 2 aromatic heterocycles. The van der Waals surface area contributed by atoms with Crippen LogP contribution in [0.5, 0.6) is 0 Å². The van der Waals surface area contributed by atoms with E-state index in [4.69, 9.17) is 26.8 Å². The zero-order valence-corrected chi connectivity index (χ0v) is 16.7. The van der Waals surface area contributed by atoms with Gasteiger partial charge < -0.3 is 20.1 Å². The summed E-state index contributed by atoms with van der Waals surface area (Å²) in [7, 11) is 0. The molecule has 0 saturated carbocycles. The molecule has 0 radical (unpaired) electrons. The fourth-order valence-electron chi connectivity index (χ4n) is 3.01. The highest BCUT2D eigenvalue weighted by atomic mass is 33.2. The van der Waals surface area contributed by atoms with E-state index in [2.05, 4.69) is 15.0 Å². The molecule has 8 nitrogen and oxygen atoms in total. The molecule has 2 aromatic rings. The van der Waals surface area contributed by atoms with Crippen molar-refractivity contribution < 1.29 is 14.4 Å². The summed E-state index contributed by atoms with van der Waals surface area (Å²) in [5, 5.41) is 10.9. The van der Waals surface area contributed by atoms with Gasteiger partial charge in [-0.15, -0.1) is 0 Å². The van der Waals surface area contributed by atoms with Gasteiger partial charge >= 0.3 is 0 Å². The number of imidazole rings is 1. The van der Waals surface area contributed by atoms with Crippen molar-refractivity contribution in [2.75, 3.05) is 17.2 Å². The lowest BCUT2D eigenvalue weighted by molar-refractivity contribution is -0.0355. The van der Waals surface area contributed by atoms with Crippen LogP contribution in [0.3, 0.4) is 0 Å². The number of nitrogens with two attached hydrogens (primary N) is 1. The summed E-state index contributed by atoms with van der Waals surface area (Å²) in [4.78, 5) is 12.4. The summed E-state index contributed by atoms with van der Waals surface area (Å²) in [6, 6.07) is 0. The average molecular weight is 419 g/mol. The van der Waals surface area contributed by atoms with E-state index in [0.717, 1.165) is 11.5 Å². The zero-order chi connectivity index (χ0) is 17.6. The molecule has 0 unspecified atom stereocenters. The van der Waals surface area contributed by atoms with E-state index in [1.165, 1.54) is 6.33 Å². The van der Waals surface area contributed by atoms with Crippen molar-refractivity contribution in [1.29, 1.82) is 0 Å². The molecule has 3 N–H and O–H groups in total. The van der Waals surface area contributed by atoms with Gasteiger partial charge in [0.15, 0.2) is 22.4 Å². The van der Waals surface area contributed by atoms with E-state index in [-0.39, 0.29) is 6.10 Å². The highest BCUT2D eigenvalue weighted by molar-refractivity contribution is 9.00. The molecule has 2 saturated heterocycles. The van der Waals surface area contributed by atoms with Gasteiger partial charge in [0.2, 0.25) is 0 Å². The third-order valence-corrected chi connectivity index (χ3v) is 13.9. The lowest BCUT2D eigenvalue weighted by Gasteiger charge is -2.25. The van der Waals surface area contributed by atoms with Crippen molar-refractivity contribution in [2.45, 2.75) is 37.9 Å². The van der Waals surface area contributed by atoms with Crippen LogP contribution in [0.4, 0.5) is 5.82 Å². The van der Waals surface area contributed by atoms with Crippen LogP contribution >= 0.6 is 27.4 Å². The van der Waals surface area contributed by atoms with Crippen molar-refractivity contribution in [3.8, 4) is 0 Å². The van der Waals surface area contributed by atoms with E-state index in [0.29, 0.717) is 23.4 Å². The number of rotatable bonds is 4. The molecule has 4 atom stereocenters. The Morgan fingerprint density at radius 3 is 2.92 bits per heavy atom. The maximum absolute atomic E-state index is 10.9. The standard InChI is InChI=1S/C13H18N5O3PS3/c1-2-7-10(21-22(23)24-3-4-25-22)9(19)13(20-7)18-6-17-8-11(14)15-5-16-12(8)18/h5-7,9-10,13,19H,2-4H2,1H3,(H2,14,15,16)/t7-,9-,10-,13-/m1/s1. The Labute approximate surface area is 157 Å². The SMILES string of the molecule is CC[C@H]1O[C@@H](n2cnc3c(N)ncnc32)[C@H](O)[C@@H]1OP1(=S)SCCS1. The van der Waals surface area contributed by atoms with Crippen LogP contribution < -0.4 is 5.73 Å². The number of aliphatic hydroxyl groups excluding tert-OH is 1. The van der Waals surface area contributed by atoms with Gasteiger partial charge in [-0.25, -0.2) is 15.0 Å². The van der Waals surface area contributed by atoms with Crippen molar-refractivity contribution in [3.05, 3.63) is 12.7 Å². The molecular weight excluding hydrogens is 401 g/mol. The topological polar surface area (TPSA) is 108 Å². The minimum atomic E-state index is -2.01. The Morgan fingerprint density at radius 2 is 2.20 bits per heavy atom. The normalized spacial score (nSPS) is 31.8. The first-order chi connectivity index (χ1) is 12.0. The molecule has 0 aliphatic carbocycles. The minimum absolute atomic E-state index is 0.238. The van der Waals surface area contributed by atoms with Gasteiger partial charge in [-0.1, -0.05) is 29.7 Å². The Bertz CT molecular complexity index is 826. The van der Waals surface area contributed by atoms with Gasteiger partial charge in [0.25, 0.3) is 0 Å². The molecule has 0 spiro atoms. The van der Waals surface area contributed by atoms with Gasteiger partial charge in [0.1, 0.15) is 24.1 Å². The smallest absolute Gasteiger partial charge is 0.175 e. The number of anilines is 1. The average Bonchev–Trinajstić information content (AvgIpc) is 3.28. The first-order valence-corrected chi connectivity index (χ1v) is 13.8. The van der Waals surface area contributed by atoms with E-state index < -0.39 is 23.1 Å². The molecule has 2 aliphatic rings. The molecule has 4 heterocycles. The number of ether oxygens (including phenoxy) is 1. The predicted molar refractivity (Wildman–Crippen MR) is 104 cm³/mol. The van der Waals surface area contributed by atoms with Crippen LogP contribution in [-0.2, 0) is 21.1 Å². The summed E-state index contributed by atoms with van der Waals surface area (Å²) in [6.07, 6.45) is 1.45. The molecular formula is C13H18N5O3PS3. The van der Waals surface area contributed by atoms with Crippen LogP contribution in [-0.4, -0.2) is 54.4 Å². The summed E-state index contributed by atoms with van der Waals surface area (Å²) in [6.45, 7) is 2.01. The van der Waals surface area contributed by atoms with Crippen LogP contribution in [0.2, 0.25) is 0 Å². The van der Waals surface area contributed by atoms with Crippen molar-refractivity contribution in [3.63, 3.8) is 0 Å². The second-order valence-corrected chi connectivity index (χ2v) is 16.4.